The molecule has 0 spiro atoms. The van der Waals surface area contributed by atoms with E-state index in [1.807, 2.05) is 0 Å². The van der Waals surface area contributed by atoms with E-state index >= 15 is 0 Å². The first-order valence-electron chi connectivity index (χ1n) is 10.1. The smallest absolute Gasteiger partial charge is 0.313 e. The third kappa shape index (κ3) is 4.75. The van der Waals surface area contributed by atoms with Gasteiger partial charge in [0.05, 0.1) is 18.4 Å². The molecule has 4 aromatic rings. The number of ether oxygens (including phenoxy) is 1. The zero-order chi connectivity index (χ0) is 24.4. The number of hydrogen-bond donors (Lipinski definition) is 1. The summed E-state index contributed by atoms with van der Waals surface area (Å²) < 4.78 is 46.6. The monoisotopic (exact) mass is 472 g/mol. The molecule has 0 aliphatic carbocycles. The number of nitrogens with one attached hydrogen (secondary N) is 1. The summed E-state index contributed by atoms with van der Waals surface area (Å²) in [6.07, 6.45) is 3.34. The normalized spacial score (nSPS) is 12.2. The molecule has 12 heteroatoms. The standard InChI is InChI=1S/C22H19F3N6O3/c1-12(16-7-15(23)3-4-18(16)34-11-19(24)25)28-20-5-6-30-21(29-20)17(9-27-30)14-8-26-31(10-14)22(33)13(2)32/h3-10,12,19H,11H2,1-2H3,(H,28,29). The number of halogens is 3. The Labute approximate surface area is 191 Å². The molecule has 0 fully saturated rings. The number of Topliss-reactive ketones (excluding diaryl/α,β-unsaturated/α-hetero) is 1. The van der Waals surface area contributed by atoms with Gasteiger partial charge in [0, 0.05) is 36.0 Å². The predicted octanol–water partition coefficient (Wildman–Crippen LogP) is 3.78. The molecule has 9 nitrogen and oxygen atoms in total. The van der Waals surface area contributed by atoms with Crippen LogP contribution in [0.3, 0.4) is 0 Å². The molecular formula is C22H19F3N6O3. The van der Waals surface area contributed by atoms with Crippen LogP contribution in [0.15, 0.2) is 49.1 Å². The van der Waals surface area contributed by atoms with E-state index in [0.29, 0.717) is 28.2 Å². The highest BCUT2D eigenvalue weighted by atomic mass is 19.3. The van der Waals surface area contributed by atoms with Gasteiger partial charge in [-0.15, -0.1) is 0 Å². The Morgan fingerprint density at radius 3 is 2.71 bits per heavy atom. The lowest BCUT2D eigenvalue weighted by Gasteiger charge is -2.19. The molecule has 1 N–H and O–H groups in total. The SMILES string of the molecule is CC(=O)C(=O)n1cc(-c2cnn3ccc(NC(C)c4cc(F)ccc4OCC(F)F)nc23)cn1. The Morgan fingerprint density at radius 1 is 1.18 bits per heavy atom. The second kappa shape index (κ2) is 9.33. The average Bonchev–Trinajstić information content (AvgIpc) is 3.44. The first-order valence-corrected chi connectivity index (χ1v) is 10.1. The van der Waals surface area contributed by atoms with Gasteiger partial charge in [-0.3, -0.25) is 9.59 Å². The second-order valence-electron chi connectivity index (χ2n) is 7.42. The van der Waals surface area contributed by atoms with Crippen LogP contribution in [0, 0.1) is 5.82 Å². The zero-order valence-corrected chi connectivity index (χ0v) is 18.1. The van der Waals surface area contributed by atoms with Crippen molar-refractivity contribution in [3.63, 3.8) is 0 Å². The Hall–Kier alpha value is -4.22. The molecule has 1 unspecified atom stereocenters. The maximum Gasteiger partial charge on any atom is 0.313 e. The molecule has 4 rings (SSSR count). The third-order valence-corrected chi connectivity index (χ3v) is 4.94. The van der Waals surface area contributed by atoms with Crippen LogP contribution in [0.2, 0.25) is 0 Å². The van der Waals surface area contributed by atoms with Crippen molar-refractivity contribution in [3.8, 4) is 16.9 Å². The van der Waals surface area contributed by atoms with E-state index in [2.05, 4.69) is 20.5 Å². The van der Waals surface area contributed by atoms with Gasteiger partial charge in [-0.25, -0.2) is 27.4 Å². The van der Waals surface area contributed by atoms with E-state index < -0.39 is 36.6 Å². The highest BCUT2D eigenvalue weighted by Gasteiger charge is 2.18. The molecule has 3 aromatic heterocycles. The van der Waals surface area contributed by atoms with Crippen LogP contribution in [0.4, 0.5) is 19.0 Å². The fraction of sp³-hybridized carbons (Fsp3) is 0.227. The number of fused-ring (bicyclic) bond motifs is 1. The number of anilines is 1. The number of nitrogens with zero attached hydrogens (tertiary/aromatic N) is 5. The number of hydrogen-bond acceptors (Lipinski definition) is 7. The predicted molar refractivity (Wildman–Crippen MR) is 115 cm³/mol. The van der Waals surface area contributed by atoms with Crippen molar-refractivity contribution in [2.45, 2.75) is 26.3 Å². The Morgan fingerprint density at radius 2 is 1.97 bits per heavy atom. The highest BCUT2D eigenvalue weighted by molar-refractivity contribution is 6.35. The summed E-state index contributed by atoms with van der Waals surface area (Å²) in [5, 5.41) is 11.3. The van der Waals surface area contributed by atoms with Gasteiger partial charge in [-0.05, 0) is 31.2 Å². The van der Waals surface area contributed by atoms with Gasteiger partial charge in [0.25, 0.3) is 6.43 Å². The maximum atomic E-state index is 13.8. The van der Waals surface area contributed by atoms with Gasteiger partial charge in [-0.1, -0.05) is 0 Å². The van der Waals surface area contributed by atoms with Gasteiger partial charge in [0.1, 0.15) is 24.0 Å². The summed E-state index contributed by atoms with van der Waals surface area (Å²) in [4.78, 5) is 27.7. The van der Waals surface area contributed by atoms with E-state index in [0.717, 1.165) is 17.7 Å². The lowest BCUT2D eigenvalue weighted by Crippen LogP contribution is -2.18. The van der Waals surface area contributed by atoms with E-state index in [4.69, 9.17) is 4.74 Å². The lowest BCUT2D eigenvalue weighted by atomic mass is 10.1. The Kier molecular flexibility index (Phi) is 6.30. The molecule has 176 valence electrons. The first-order chi connectivity index (χ1) is 16.2. The molecule has 0 saturated heterocycles. The summed E-state index contributed by atoms with van der Waals surface area (Å²) >= 11 is 0. The van der Waals surface area contributed by atoms with Gasteiger partial charge >= 0.3 is 5.91 Å². The van der Waals surface area contributed by atoms with E-state index in [-0.39, 0.29) is 5.75 Å². The molecule has 0 aliphatic heterocycles. The fourth-order valence-corrected chi connectivity index (χ4v) is 3.33. The second-order valence-corrected chi connectivity index (χ2v) is 7.42. The average molecular weight is 472 g/mol. The van der Waals surface area contributed by atoms with Crippen molar-refractivity contribution in [2.24, 2.45) is 0 Å². The third-order valence-electron chi connectivity index (χ3n) is 4.94. The quantitative estimate of drug-likeness (QED) is 0.389. The van der Waals surface area contributed by atoms with Gasteiger partial charge in [0.15, 0.2) is 5.65 Å². The molecule has 1 atom stereocenters. The van der Waals surface area contributed by atoms with Crippen molar-refractivity contribution in [3.05, 3.63) is 60.4 Å². The van der Waals surface area contributed by atoms with E-state index in [1.165, 1.54) is 35.2 Å². The van der Waals surface area contributed by atoms with Crippen LogP contribution < -0.4 is 10.1 Å². The Bertz CT molecular complexity index is 1370. The number of carbonyl (C=O) groups excluding carboxylic acids is 2. The number of ketones is 1. The summed E-state index contributed by atoms with van der Waals surface area (Å²) in [6.45, 7) is 2.06. The largest absolute Gasteiger partial charge is 0.487 e. The topological polar surface area (TPSA) is 103 Å². The molecular weight excluding hydrogens is 453 g/mol. The van der Waals surface area contributed by atoms with Crippen molar-refractivity contribution in [2.75, 3.05) is 11.9 Å². The summed E-state index contributed by atoms with van der Waals surface area (Å²) in [6, 6.07) is 4.75. The minimum atomic E-state index is -2.67. The number of carbonyl (C=O) groups is 2. The molecule has 34 heavy (non-hydrogen) atoms. The van der Waals surface area contributed by atoms with Gasteiger partial charge < -0.3 is 10.1 Å². The van der Waals surface area contributed by atoms with Crippen molar-refractivity contribution in [1.29, 1.82) is 0 Å². The summed E-state index contributed by atoms with van der Waals surface area (Å²) in [5.41, 5.74) is 1.86. The van der Waals surface area contributed by atoms with Crippen molar-refractivity contribution < 1.29 is 27.5 Å². The minimum Gasteiger partial charge on any atom is -0.487 e. The van der Waals surface area contributed by atoms with Crippen LogP contribution >= 0.6 is 0 Å². The lowest BCUT2D eigenvalue weighted by molar-refractivity contribution is -0.113. The molecule has 1 aromatic carbocycles. The van der Waals surface area contributed by atoms with Crippen LogP contribution in [-0.4, -0.2) is 49.1 Å². The van der Waals surface area contributed by atoms with Crippen LogP contribution in [0.5, 0.6) is 5.75 Å². The van der Waals surface area contributed by atoms with Crippen LogP contribution in [0.1, 0.15) is 30.2 Å². The van der Waals surface area contributed by atoms with E-state index in [9.17, 15) is 22.8 Å². The van der Waals surface area contributed by atoms with E-state index in [1.54, 1.807) is 19.2 Å². The number of rotatable bonds is 8. The van der Waals surface area contributed by atoms with Crippen molar-refractivity contribution >= 4 is 23.2 Å². The number of benzene rings is 1. The number of aromatic nitrogens is 5. The molecule has 0 radical (unpaired) electrons. The van der Waals surface area contributed by atoms with Gasteiger partial charge in [0.2, 0.25) is 5.78 Å². The molecule has 0 saturated carbocycles. The molecule has 3 heterocycles. The van der Waals surface area contributed by atoms with Crippen molar-refractivity contribution in [1.82, 2.24) is 24.4 Å². The maximum absolute atomic E-state index is 13.8. The molecule has 0 amide bonds. The Balaban J connectivity index is 1.62. The van der Waals surface area contributed by atoms with Gasteiger partial charge in [-0.2, -0.15) is 10.2 Å². The summed E-state index contributed by atoms with van der Waals surface area (Å²) in [5.74, 6) is -1.42. The highest BCUT2D eigenvalue weighted by Crippen LogP contribution is 2.30. The first kappa shape index (κ1) is 23.0. The van der Waals surface area contributed by atoms with Crippen LogP contribution in [0.25, 0.3) is 16.8 Å². The fourth-order valence-electron chi connectivity index (χ4n) is 3.33. The summed E-state index contributed by atoms with van der Waals surface area (Å²) in [7, 11) is 0. The minimum absolute atomic E-state index is 0.135. The molecule has 0 aliphatic rings. The number of alkyl halides is 2. The molecule has 0 bridgehead atoms. The zero-order valence-electron chi connectivity index (χ0n) is 18.1. The van der Waals surface area contributed by atoms with Crippen LogP contribution in [-0.2, 0) is 4.79 Å².